The van der Waals surface area contributed by atoms with Gasteiger partial charge in [0.2, 0.25) is 0 Å². The second-order valence-corrected chi connectivity index (χ2v) is 4.11. The van der Waals surface area contributed by atoms with Crippen LogP contribution < -0.4 is 0 Å². The number of benzene rings is 1. The van der Waals surface area contributed by atoms with E-state index in [1.807, 2.05) is 11.6 Å². The Kier molecular flexibility index (Phi) is 2.42. The molecule has 2 rings (SSSR count). The molecule has 2 aromatic rings. The Morgan fingerprint density at radius 2 is 1.86 bits per heavy atom. The van der Waals surface area contributed by atoms with Crippen LogP contribution in [0.2, 0.25) is 0 Å². The van der Waals surface area contributed by atoms with E-state index in [9.17, 15) is 0 Å². The number of imidazole rings is 1. The van der Waals surface area contributed by atoms with E-state index in [4.69, 9.17) is 0 Å². The maximum Gasteiger partial charge on any atom is 0.112 e. The highest BCUT2D eigenvalue weighted by atomic mass is 79.9. The minimum Gasteiger partial charge on any atom is -0.328 e. The zero-order valence-electron chi connectivity index (χ0n) is 8.16. The fraction of sp³-hybridized carbons (Fsp3) is 0.182. The highest BCUT2D eigenvalue weighted by Crippen LogP contribution is 2.25. The fourth-order valence-corrected chi connectivity index (χ4v) is 1.74. The van der Waals surface area contributed by atoms with E-state index in [0.29, 0.717) is 0 Å². The van der Waals surface area contributed by atoms with Crippen LogP contribution in [-0.2, 0) is 7.05 Å². The average Bonchev–Trinajstić information content (AvgIpc) is 2.50. The Morgan fingerprint density at radius 1 is 1.21 bits per heavy atom. The molecular formula is C11H11BrN2. The molecule has 0 saturated heterocycles. The first-order chi connectivity index (χ1) is 6.68. The molecule has 0 aliphatic rings. The van der Waals surface area contributed by atoms with E-state index in [1.165, 1.54) is 5.56 Å². The van der Waals surface area contributed by atoms with Crippen molar-refractivity contribution >= 4 is 15.9 Å². The molecular weight excluding hydrogens is 240 g/mol. The number of halogens is 1. The van der Waals surface area contributed by atoms with Crippen LogP contribution in [0.1, 0.15) is 5.56 Å². The molecule has 0 spiro atoms. The average molecular weight is 251 g/mol. The van der Waals surface area contributed by atoms with Crippen LogP contribution in [0.3, 0.4) is 0 Å². The fourth-order valence-electron chi connectivity index (χ4n) is 1.32. The van der Waals surface area contributed by atoms with Gasteiger partial charge in [-0.2, -0.15) is 0 Å². The highest BCUT2D eigenvalue weighted by Gasteiger charge is 2.07. The molecule has 1 heterocycles. The monoisotopic (exact) mass is 250 g/mol. The van der Waals surface area contributed by atoms with Crippen molar-refractivity contribution in [3.63, 3.8) is 0 Å². The summed E-state index contributed by atoms with van der Waals surface area (Å²) in [6.07, 6.45) is 1.80. The molecule has 14 heavy (non-hydrogen) atoms. The van der Waals surface area contributed by atoms with Gasteiger partial charge in [-0.25, -0.2) is 4.98 Å². The van der Waals surface area contributed by atoms with E-state index in [-0.39, 0.29) is 0 Å². The van der Waals surface area contributed by atoms with Gasteiger partial charge in [-0.3, -0.25) is 0 Å². The summed E-state index contributed by atoms with van der Waals surface area (Å²) < 4.78 is 2.97. The summed E-state index contributed by atoms with van der Waals surface area (Å²) >= 11 is 3.51. The van der Waals surface area contributed by atoms with Crippen LogP contribution >= 0.6 is 15.9 Å². The lowest BCUT2D eigenvalue weighted by Crippen LogP contribution is -1.84. The quantitative estimate of drug-likeness (QED) is 0.761. The van der Waals surface area contributed by atoms with Crippen molar-refractivity contribution < 1.29 is 0 Å². The lowest BCUT2D eigenvalue weighted by Gasteiger charge is -1.99. The van der Waals surface area contributed by atoms with Crippen molar-refractivity contribution in [1.82, 2.24) is 9.55 Å². The van der Waals surface area contributed by atoms with E-state index >= 15 is 0 Å². The SMILES string of the molecule is Cc1ccc(-c2ncn(C)c2Br)cc1. The Bertz CT molecular complexity index is 443. The lowest BCUT2D eigenvalue weighted by molar-refractivity contribution is 0.891. The number of nitrogens with zero attached hydrogens (tertiary/aromatic N) is 2. The standard InChI is InChI=1S/C11H11BrN2/c1-8-3-5-9(6-4-8)10-11(12)14(2)7-13-10/h3-7H,1-2H3. The van der Waals surface area contributed by atoms with Gasteiger partial charge in [0, 0.05) is 12.6 Å². The van der Waals surface area contributed by atoms with Gasteiger partial charge in [0.1, 0.15) is 10.3 Å². The van der Waals surface area contributed by atoms with Crippen molar-refractivity contribution in [2.75, 3.05) is 0 Å². The maximum atomic E-state index is 4.33. The van der Waals surface area contributed by atoms with Crippen LogP contribution in [0.5, 0.6) is 0 Å². The molecule has 3 heteroatoms. The van der Waals surface area contributed by atoms with Crippen molar-refractivity contribution in [2.45, 2.75) is 6.92 Å². The van der Waals surface area contributed by atoms with E-state index in [0.717, 1.165) is 15.9 Å². The number of rotatable bonds is 1. The molecule has 1 aromatic heterocycles. The van der Waals surface area contributed by atoms with Gasteiger partial charge in [-0.1, -0.05) is 29.8 Å². The van der Waals surface area contributed by atoms with Gasteiger partial charge in [0.15, 0.2) is 0 Å². The molecule has 0 aliphatic carbocycles. The van der Waals surface area contributed by atoms with Crippen molar-refractivity contribution in [2.24, 2.45) is 7.05 Å². The Balaban J connectivity index is 2.49. The molecule has 0 bridgehead atoms. The smallest absolute Gasteiger partial charge is 0.112 e. The summed E-state index contributed by atoms with van der Waals surface area (Å²) in [5.74, 6) is 0. The number of aromatic nitrogens is 2. The zero-order chi connectivity index (χ0) is 10.1. The predicted molar refractivity (Wildman–Crippen MR) is 61.1 cm³/mol. The number of hydrogen-bond acceptors (Lipinski definition) is 1. The van der Waals surface area contributed by atoms with Crippen LogP contribution in [0.25, 0.3) is 11.3 Å². The lowest BCUT2D eigenvalue weighted by atomic mass is 10.1. The first kappa shape index (κ1) is 9.46. The topological polar surface area (TPSA) is 17.8 Å². The largest absolute Gasteiger partial charge is 0.328 e. The van der Waals surface area contributed by atoms with Gasteiger partial charge in [-0.05, 0) is 22.9 Å². The summed E-state index contributed by atoms with van der Waals surface area (Å²) in [5.41, 5.74) is 3.40. The maximum absolute atomic E-state index is 4.33. The normalized spacial score (nSPS) is 10.5. The third kappa shape index (κ3) is 1.60. The van der Waals surface area contributed by atoms with Crippen LogP contribution in [0.4, 0.5) is 0 Å². The van der Waals surface area contributed by atoms with Crippen LogP contribution in [0, 0.1) is 6.92 Å². The second-order valence-electron chi connectivity index (χ2n) is 3.36. The molecule has 0 aliphatic heterocycles. The third-order valence-electron chi connectivity index (χ3n) is 2.19. The molecule has 0 atom stereocenters. The second kappa shape index (κ2) is 3.58. The number of hydrogen-bond donors (Lipinski definition) is 0. The Labute approximate surface area is 91.7 Å². The molecule has 0 fully saturated rings. The summed E-state index contributed by atoms with van der Waals surface area (Å²) in [6.45, 7) is 2.08. The van der Waals surface area contributed by atoms with Crippen LogP contribution in [0.15, 0.2) is 35.2 Å². The summed E-state index contributed by atoms with van der Waals surface area (Å²) in [5, 5.41) is 0. The molecule has 0 radical (unpaired) electrons. The first-order valence-electron chi connectivity index (χ1n) is 4.42. The Hall–Kier alpha value is -1.09. The Morgan fingerprint density at radius 3 is 2.36 bits per heavy atom. The zero-order valence-corrected chi connectivity index (χ0v) is 9.75. The van der Waals surface area contributed by atoms with E-state index in [1.54, 1.807) is 6.33 Å². The van der Waals surface area contributed by atoms with Gasteiger partial charge >= 0.3 is 0 Å². The van der Waals surface area contributed by atoms with E-state index in [2.05, 4.69) is 52.1 Å². The molecule has 2 nitrogen and oxygen atoms in total. The minimum absolute atomic E-state index is 0.993. The molecule has 72 valence electrons. The predicted octanol–water partition coefficient (Wildman–Crippen LogP) is 3.16. The number of aryl methyl sites for hydroxylation is 2. The van der Waals surface area contributed by atoms with Crippen molar-refractivity contribution in [3.8, 4) is 11.3 Å². The van der Waals surface area contributed by atoms with Gasteiger partial charge in [-0.15, -0.1) is 0 Å². The van der Waals surface area contributed by atoms with E-state index < -0.39 is 0 Å². The third-order valence-corrected chi connectivity index (χ3v) is 3.13. The highest BCUT2D eigenvalue weighted by molar-refractivity contribution is 9.10. The molecule has 1 aromatic carbocycles. The van der Waals surface area contributed by atoms with Gasteiger partial charge in [0.25, 0.3) is 0 Å². The van der Waals surface area contributed by atoms with Gasteiger partial charge in [0.05, 0.1) is 6.33 Å². The van der Waals surface area contributed by atoms with Crippen molar-refractivity contribution in [3.05, 3.63) is 40.8 Å². The summed E-state index contributed by atoms with van der Waals surface area (Å²) in [7, 11) is 1.97. The molecule has 0 unspecified atom stereocenters. The summed E-state index contributed by atoms with van der Waals surface area (Å²) in [4.78, 5) is 4.33. The molecule has 0 N–H and O–H groups in total. The van der Waals surface area contributed by atoms with Crippen LogP contribution in [-0.4, -0.2) is 9.55 Å². The van der Waals surface area contributed by atoms with Gasteiger partial charge < -0.3 is 4.57 Å². The first-order valence-corrected chi connectivity index (χ1v) is 5.21. The minimum atomic E-state index is 0.993. The molecule has 0 amide bonds. The molecule has 0 saturated carbocycles. The summed E-state index contributed by atoms with van der Waals surface area (Å²) in [6, 6.07) is 8.36. The van der Waals surface area contributed by atoms with Crippen molar-refractivity contribution in [1.29, 1.82) is 0 Å².